The van der Waals surface area contributed by atoms with E-state index in [0.717, 1.165) is 0 Å². The summed E-state index contributed by atoms with van der Waals surface area (Å²) in [7, 11) is 2.98. The molecule has 0 fully saturated rings. The number of amides is 2. The molecule has 0 radical (unpaired) electrons. The van der Waals surface area contributed by atoms with Crippen LogP contribution in [0.1, 0.15) is 38.0 Å². The molecule has 0 saturated heterocycles. The van der Waals surface area contributed by atoms with Gasteiger partial charge in [0.15, 0.2) is 11.5 Å². The Bertz CT molecular complexity index is 1230. The number of anilines is 1. The molecule has 0 aliphatic carbocycles. The molecule has 7 heteroatoms. The number of carbonyl (C=O) groups excluding carboxylic acids is 2. The maximum absolute atomic E-state index is 13.8. The topological polar surface area (TPSA) is 59.1 Å². The number of fused-ring (bicyclic) bond motifs is 5. The van der Waals surface area contributed by atoms with Crippen LogP contribution in [0.15, 0.2) is 60.7 Å². The fourth-order valence-electron chi connectivity index (χ4n) is 4.42. The van der Waals surface area contributed by atoms with Gasteiger partial charge in [0.25, 0.3) is 11.8 Å². The van der Waals surface area contributed by atoms with Crippen LogP contribution in [0.5, 0.6) is 11.5 Å². The number of para-hydroxylation sites is 1. The van der Waals surface area contributed by atoms with E-state index in [4.69, 9.17) is 9.47 Å². The van der Waals surface area contributed by atoms with E-state index in [1.807, 2.05) is 0 Å². The third kappa shape index (κ3) is 2.77. The maximum Gasteiger partial charge on any atom is 0.264 e. The van der Waals surface area contributed by atoms with Crippen LogP contribution >= 0.6 is 0 Å². The van der Waals surface area contributed by atoms with Crippen molar-refractivity contribution in [1.29, 1.82) is 0 Å². The molecule has 0 bridgehead atoms. The Kier molecular flexibility index (Phi) is 4.39. The monoisotopic (exact) mass is 418 g/mol. The van der Waals surface area contributed by atoms with Crippen molar-refractivity contribution in [3.63, 3.8) is 0 Å². The average Bonchev–Trinajstić information content (AvgIpc) is 3.08. The van der Waals surface area contributed by atoms with Gasteiger partial charge in [-0.15, -0.1) is 0 Å². The Hall–Kier alpha value is -3.87. The number of ether oxygens (including phenoxy) is 2. The van der Waals surface area contributed by atoms with Crippen molar-refractivity contribution in [2.45, 2.75) is 12.7 Å². The van der Waals surface area contributed by atoms with Gasteiger partial charge in [-0.1, -0.05) is 30.3 Å². The Morgan fingerprint density at radius 2 is 1.74 bits per heavy atom. The number of hydrogen-bond acceptors (Lipinski definition) is 4. The zero-order valence-corrected chi connectivity index (χ0v) is 17.0. The van der Waals surface area contributed by atoms with E-state index in [1.54, 1.807) is 58.3 Å². The molecule has 0 spiro atoms. The minimum absolute atomic E-state index is 0.146. The summed E-state index contributed by atoms with van der Waals surface area (Å²) in [6.07, 6.45) is -0.673. The Labute approximate surface area is 178 Å². The van der Waals surface area contributed by atoms with Crippen molar-refractivity contribution < 1.29 is 23.5 Å². The van der Waals surface area contributed by atoms with Crippen molar-refractivity contribution in [3.8, 4) is 11.5 Å². The summed E-state index contributed by atoms with van der Waals surface area (Å²) in [5.41, 5.74) is 2.59. The number of hydrogen-bond donors (Lipinski definition) is 0. The summed E-state index contributed by atoms with van der Waals surface area (Å²) < 4.78 is 24.7. The molecule has 31 heavy (non-hydrogen) atoms. The molecule has 0 aromatic heterocycles. The van der Waals surface area contributed by atoms with E-state index >= 15 is 0 Å². The molecule has 6 nitrogen and oxygen atoms in total. The Morgan fingerprint density at radius 3 is 2.48 bits per heavy atom. The summed E-state index contributed by atoms with van der Waals surface area (Å²) in [6, 6.07) is 16.6. The van der Waals surface area contributed by atoms with E-state index < -0.39 is 6.17 Å². The first-order valence-corrected chi connectivity index (χ1v) is 9.78. The fourth-order valence-corrected chi connectivity index (χ4v) is 4.42. The second-order valence-corrected chi connectivity index (χ2v) is 7.39. The molecule has 1 atom stereocenters. The second kappa shape index (κ2) is 7.12. The van der Waals surface area contributed by atoms with Crippen molar-refractivity contribution in [2.24, 2.45) is 0 Å². The third-order valence-corrected chi connectivity index (χ3v) is 5.73. The van der Waals surface area contributed by atoms with Crippen LogP contribution in [0, 0.1) is 5.82 Å². The number of methoxy groups -OCH3 is 2. The van der Waals surface area contributed by atoms with E-state index in [9.17, 15) is 14.0 Å². The van der Waals surface area contributed by atoms with E-state index in [1.165, 1.54) is 26.4 Å². The molecule has 3 aromatic carbocycles. The maximum atomic E-state index is 13.8. The van der Waals surface area contributed by atoms with Crippen LogP contribution in [-0.4, -0.2) is 30.9 Å². The molecule has 2 aliphatic heterocycles. The van der Waals surface area contributed by atoms with Crippen LogP contribution < -0.4 is 14.4 Å². The van der Waals surface area contributed by atoms with Gasteiger partial charge >= 0.3 is 0 Å². The first-order valence-electron chi connectivity index (χ1n) is 9.78. The molecule has 156 valence electrons. The summed E-state index contributed by atoms with van der Waals surface area (Å²) in [4.78, 5) is 30.3. The molecular formula is C24H19FN2O4. The number of carbonyl (C=O) groups is 2. The molecule has 1 unspecified atom stereocenters. The van der Waals surface area contributed by atoms with Crippen LogP contribution in [0.25, 0.3) is 0 Å². The summed E-state index contributed by atoms with van der Waals surface area (Å²) >= 11 is 0. The molecule has 3 aromatic rings. The van der Waals surface area contributed by atoms with Gasteiger partial charge in [-0.2, -0.15) is 0 Å². The van der Waals surface area contributed by atoms with Crippen LogP contribution in [-0.2, 0) is 6.54 Å². The summed E-state index contributed by atoms with van der Waals surface area (Å²) in [5.74, 6) is -0.120. The highest BCUT2D eigenvalue weighted by Crippen LogP contribution is 2.50. The lowest BCUT2D eigenvalue weighted by atomic mass is 10.0. The van der Waals surface area contributed by atoms with Gasteiger partial charge in [0.1, 0.15) is 12.0 Å². The van der Waals surface area contributed by atoms with Crippen LogP contribution in [0.3, 0.4) is 0 Å². The van der Waals surface area contributed by atoms with Gasteiger partial charge in [0.2, 0.25) is 0 Å². The van der Waals surface area contributed by atoms with Crippen LogP contribution in [0.2, 0.25) is 0 Å². The third-order valence-electron chi connectivity index (χ3n) is 5.73. The lowest BCUT2D eigenvalue weighted by Crippen LogP contribution is -2.47. The number of nitrogens with zero attached hydrogens (tertiary/aromatic N) is 2. The number of rotatable bonds is 4. The van der Waals surface area contributed by atoms with Gasteiger partial charge in [0.05, 0.1) is 31.0 Å². The van der Waals surface area contributed by atoms with Gasteiger partial charge in [-0.25, -0.2) is 4.39 Å². The fraction of sp³-hybridized carbons (Fsp3) is 0.167. The Morgan fingerprint density at radius 1 is 0.935 bits per heavy atom. The van der Waals surface area contributed by atoms with Gasteiger partial charge < -0.3 is 14.4 Å². The van der Waals surface area contributed by atoms with Crippen LogP contribution in [0.4, 0.5) is 10.1 Å². The summed E-state index contributed by atoms with van der Waals surface area (Å²) in [5, 5.41) is 0. The predicted octanol–water partition coefficient (Wildman–Crippen LogP) is 4.16. The minimum Gasteiger partial charge on any atom is -0.493 e. The highest BCUT2D eigenvalue weighted by molar-refractivity contribution is 6.18. The minimum atomic E-state index is -0.673. The largest absolute Gasteiger partial charge is 0.493 e. The van der Waals surface area contributed by atoms with Gasteiger partial charge in [0, 0.05) is 12.1 Å². The average molecular weight is 418 g/mol. The molecule has 2 amide bonds. The molecule has 0 N–H and O–H groups in total. The Balaban J connectivity index is 1.72. The molecule has 2 aliphatic rings. The van der Waals surface area contributed by atoms with E-state index in [-0.39, 0.29) is 24.2 Å². The number of halogens is 1. The zero-order valence-electron chi connectivity index (χ0n) is 17.0. The second-order valence-electron chi connectivity index (χ2n) is 7.39. The SMILES string of the molecule is COc1ccc2c(c1OC)C(=O)N1c3ccccc3C(=O)N(Cc3cccc(F)c3)C21. The standard InChI is InChI=1S/C24H19FN2O4/c1-30-19-11-10-17-20(21(19)31-2)24(29)27-18-9-4-3-8-16(18)23(28)26(22(17)27)13-14-6-5-7-15(25)12-14/h3-12,22H,13H2,1-2H3. The highest BCUT2D eigenvalue weighted by atomic mass is 19.1. The van der Waals surface area contributed by atoms with E-state index in [2.05, 4.69) is 0 Å². The summed E-state index contributed by atoms with van der Waals surface area (Å²) in [6.45, 7) is 0.146. The lowest BCUT2D eigenvalue weighted by Gasteiger charge is -2.41. The highest BCUT2D eigenvalue weighted by Gasteiger charge is 2.49. The lowest BCUT2D eigenvalue weighted by molar-refractivity contribution is 0.0629. The van der Waals surface area contributed by atoms with Gasteiger partial charge in [-0.05, 0) is 35.9 Å². The van der Waals surface area contributed by atoms with E-state index in [0.29, 0.717) is 39.4 Å². The van der Waals surface area contributed by atoms with Crippen molar-refractivity contribution in [2.75, 3.05) is 19.1 Å². The normalized spacial score (nSPS) is 16.7. The van der Waals surface area contributed by atoms with Crippen molar-refractivity contribution in [1.82, 2.24) is 4.90 Å². The molecule has 5 rings (SSSR count). The molecule has 0 saturated carbocycles. The molecular weight excluding hydrogens is 399 g/mol. The van der Waals surface area contributed by atoms with Gasteiger partial charge in [-0.3, -0.25) is 14.5 Å². The zero-order chi connectivity index (χ0) is 21.7. The predicted molar refractivity (Wildman–Crippen MR) is 112 cm³/mol. The first-order chi connectivity index (χ1) is 15.0. The van der Waals surface area contributed by atoms with Crippen molar-refractivity contribution in [3.05, 3.63) is 88.7 Å². The number of benzene rings is 3. The molecule has 2 heterocycles. The van der Waals surface area contributed by atoms with Crippen molar-refractivity contribution >= 4 is 17.5 Å². The smallest absolute Gasteiger partial charge is 0.264 e. The first kappa shape index (κ1) is 19.1. The quantitative estimate of drug-likeness (QED) is 0.639.